The molecule has 0 saturated heterocycles. The molecular formula is C14H25NO3. The average Bonchev–Trinajstić information content (AvgIpc) is 2.21. The average molecular weight is 255 g/mol. The molecule has 18 heavy (non-hydrogen) atoms. The zero-order valence-electron chi connectivity index (χ0n) is 12.1. The molecule has 0 saturated carbocycles. The van der Waals surface area contributed by atoms with Crippen molar-refractivity contribution in [1.82, 2.24) is 5.32 Å². The summed E-state index contributed by atoms with van der Waals surface area (Å²) in [6, 6.07) is 0. The van der Waals surface area contributed by atoms with E-state index in [2.05, 4.69) is 5.32 Å². The summed E-state index contributed by atoms with van der Waals surface area (Å²) in [5.74, 6) is 0.463. The van der Waals surface area contributed by atoms with Gasteiger partial charge in [-0.1, -0.05) is 26.0 Å². The number of carbonyl (C=O) groups excluding carboxylic acids is 2. The van der Waals surface area contributed by atoms with Crippen molar-refractivity contribution in [3.8, 4) is 0 Å². The van der Waals surface area contributed by atoms with Gasteiger partial charge in [0.1, 0.15) is 11.4 Å². The number of hydrogen-bond acceptors (Lipinski definition) is 3. The third-order valence-electron chi connectivity index (χ3n) is 2.17. The topological polar surface area (TPSA) is 55.4 Å². The normalized spacial score (nSPS) is 13.4. The molecule has 1 atom stereocenters. The fourth-order valence-electron chi connectivity index (χ4n) is 1.33. The lowest BCUT2D eigenvalue weighted by Gasteiger charge is -2.19. The summed E-state index contributed by atoms with van der Waals surface area (Å²) in [5.41, 5.74) is -0.478. The van der Waals surface area contributed by atoms with Gasteiger partial charge in [-0.2, -0.15) is 0 Å². The quantitative estimate of drug-likeness (QED) is 0.742. The smallest absolute Gasteiger partial charge is 0.407 e. The standard InChI is InChI=1S/C14H25NO3/c1-6-12(16)10-11(2)8-7-9-15-13(17)18-14(3,4)5/h7-8,11H,6,9-10H2,1-5H3,(H,15,17)/b8-7+. The van der Waals surface area contributed by atoms with Gasteiger partial charge in [0.25, 0.3) is 0 Å². The highest BCUT2D eigenvalue weighted by Crippen LogP contribution is 2.07. The molecule has 4 nitrogen and oxygen atoms in total. The maximum Gasteiger partial charge on any atom is 0.407 e. The summed E-state index contributed by atoms with van der Waals surface area (Å²) in [6.45, 7) is 9.72. The molecule has 0 aromatic heterocycles. The first kappa shape index (κ1) is 16.7. The molecule has 0 aromatic carbocycles. The first-order valence-electron chi connectivity index (χ1n) is 6.39. The number of hydrogen-bond donors (Lipinski definition) is 1. The Bertz CT molecular complexity index is 303. The predicted molar refractivity (Wildman–Crippen MR) is 72.5 cm³/mol. The van der Waals surface area contributed by atoms with Crippen LogP contribution in [-0.2, 0) is 9.53 Å². The van der Waals surface area contributed by atoms with Crippen molar-refractivity contribution in [3.05, 3.63) is 12.2 Å². The zero-order chi connectivity index (χ0) is 14.2. The minimum absolute atomic E-state index is 0.206. The van der Waals surface area contributed by atoms with Crippen LogP contribution in [-0.4, -0.2) is 24.0 Å². The molecule has 1 unspecified atom stereocenters. The van der Waals surface area contributed by atoms with E-state index in [0.29, 0.717) is 19.4 Å². The number of carbonyl (C=O) groups is 2. The Balaban J connectivity index is 3.83. The lowest BCUT2D eigenvalue weighted by Crippen LogP contribution is -2.32. The third-order valence-corrected chi connectivity index (χ3v) is 2.17. The first-order chi connectivity index (χ1) is 8.24. The van der Waals surface area contributed by atoms with E-state index in [9.17, 15) is 9.59 Å². The molecule has 0 radical (unpaired) electrons. The fourth-order valence-corrected chi connectivity index (χ4v) is 1.33. The lowest BCUT2D eigenvalue weighted by atomic mass is 10.0. The van der Waals surface area contributed by atoms with Crippen molar-refractivity contribution >= 4 is 11.9 Å². The summed E-state index contributed by atoms with van der Waals surface area (Å²) in [6.07, 6.45) is 4.49. The van der Waals surface area contributed by atoms with E-state index in [1.807, 2.05) is 46.8 Å². The minimum atomic E-state index is -0.478. The molecule has 0 heterocycles. The summed E-state index contributed by atoms with van der Waals surface area (Å²) < 4.78 is 5.09. The maximum atomic E-state index is 11.3. The van der Waals surface area contributed by atoms with E-state index in [1.165, 1.54) is 0 Å². The molecule has 0 aliphatic heterocycles. The number of allylic oxidation sites excluding steroid dienone is 1. The second-order valence-corrected chi connectivity index (χ2v) is 5.38. The molecule has 0 fully saturated rings. The lowest BCUT2D eigenvalue weighted by molar-refractivity contribution is -0.119. The Morgan fingerprint density at radius 3 is 2.44 bits per heavy atom. The molecule has 4 heteroatoms. The summed E-state index contributed by atoms with van der Waals surface area (Å²) in [7, 11) is 0. The molecule has 0 aliphatic carbocycles. The van der Waals surface area contributed by atoms with E-state index < -0.39 is 11.7 Å². The van der Waals surface area contributed by atoms with Crippen LogP contribution in [0.1, 0.15) is 47.5 Å². The summed E-state index contributed by atoms with van der Waals surface area (Å²) in [4.78, 5) is 22.5. The summed E-state index contributed by atoms with van der Waals surface area (Å²) >= 11 is 0. The van der Waals surface area contributed by atoms with Crippen LogP contribution in [0, 0.1) is 5.92 Å². The highest BCUT2D eigenvalue weighted by molar-refractivity contribution is 5.78. The van der Waals surface area contributed by atoms with Gasteiger partial charge in [0.15, 0.2) is 0 Å². The van der Waals surface area contributed by atoms with Gasteiger partial charge in [-0.15, -0.1) is 0 Å². The monoisotopic (exact) mass is 255 g/mol. The van der Waals surface area contributed by atoms with Crippen LogP contribution in [0.25, 0.3) is 0 Å². The van der Waals surface area contributed by atoms with Crippen molar-refractivity contribution in [1.29, 1.82) is 0 Å². The van der Waals surface area contributed by atoms with Gasteiger partial charge >= 0.3 is 6.09 Å². The van der Waals surface area contributed by atoms with Crippen molar-refractivity contribution in [2.45, 2.75) is 53.1 Å². The fraction of sp³-hybridized carbons (Fsp3) is 0.714. The third kappa shape index (κ3) is 9.87. The van der Waals surface area contributed by atoms with Crippen LogP contribution in [0.15, 0.2) is 12.2 Å². The number of rotatable bonds is 6. The Kier molecular flexibility index (Phi) is 7.32. The highest BCUT2D eigenvalue weighted by Gasteiger charge is 2.15. The Morgan fingerprint density at radius 2 is 1.94 bits per heavy atom. The Labute approximate surface area is 110 Å². The van der Waals surface area contributed by atoms with Gasteiger partial charge in [0.2, 0.25) is 0 Å². The number of alkyl carbamates (subject to hydrolysis) is 1. The van der Waals surface area contributed by atoms with Crippen LogP contribution < -0.4 is 5.32 Å². The SMILES string of the molecule is CCC(=O)CC(C)/C=C/CNC(=O)OC(C)(C)C. The zero-order valence-corrected chi connectivity index (χ0v) is 12.1. The van der Waals surface area contributed by atoms with Gasteiger partial charge in [-0.05, 0) is 26.7 Å². The van der Waals surface area contributed by atoms with E-state index in [-0.39, 0.29) is 11.7 Å². The molecular weight excluding hydrogens is 230 g/mol. The van der Waals surface area contributed by atoms with Gasteiger partial charge in [0, 0.05) is 19.4 Å². The number of nitrogens with one attached hydrogen (secondary N) is 1. The van der Waals surface area contributed by atoms with E-state index in [0.717, 1.165) is 0 Å². The number of amides is 1. The van der Waals surface area contributed by atoms with Crippen LogP contribution >= 0.6 is 0 Å². The number of Topliss-reactive ketones (excluding diaryl/α,β-unsaturated/α-hetero) is 1. The van der Waals surface area contributed by atoms with Gasteiger partial charge in [0.05, 0.1) is 0 Å². The molecule has 0 rings (SSSR count). The van der Waals surface area contributed by atoms with Crippen LogP contribution in [0.5, 0.6) is 0 Å². The van der Waals surface area contributed by atoms with Crippen molar-refractivity contribution in [2.24, 2.45) is 5.92 Å². The molecule has 1 amide bonds. The van der Waals surface area contributed by atoms with E-state index >= 15 is 0 Å². The number of ketones is 1. The second-order valence-electron chi connectivity index (χ2n) is 5.38. The van der Waals surface area contributed by atoms with Crippen LogP contribution in [0.2, 0.25) is 0 Å². The highest BCUT2D eigenvalue weighted by atomic mass is 16.6. The molecule has 104 valence electrons. The number of ether oxygens (including phenoxy) is 1. The van der Waals surface area contributed by atoms with Crippen LogP contribution in [0.3, 0.4) is 0 Å². The minimum Gasteiger partial charge on any atom is -0.444 e. The predicted octanol–water partition coefficient (Wildman–Crippen LogP) is 3.07. The Hall–Kier alpha value is -1.32. The van der Waals surface area contributed by atoms with Crippen molar-refractivity contribution in [3.63, 3.8) is 0 Å². The van der Waals surface area contributed by atoms with Gasteiger partial charge < -0.3 is 10.1 Å². The molecule has 1 N–H and O–H groups in total. The van der Waals surface area contributed by atoms with Gasteiger partial charge in [-0.3, -0.25) is 4.79 Å². The maximum absolute atomic E-state index is 11.3. The molecule has 0 spiro atoms. The molecule has 0 aliphatic rings. The van der Waals surface area contributed by atoms with E-state index in [1.54, 1.807) is 0 Å². The van der Waals surface area contributed by atoms with Gasteiger partial charge in [-0.25, -0.2) is 4.79 Å². The first-order valence-corrected chi connectivity index (χ1v) is 6.39. The van der Waals surface area contributed by atoms with Crippen molar-refractivity contribution < 1.29 is 14.3 Å². The summed E-state index contributed by atoms with van der Waals surface area (Å²) in [5, 5.41) is 2.63. The molecule has 0 aromatic rings. The van der Waals surface area contributed by atoms with E-state index in [4.69, 9.17) is 4.74 Å². The largest absolute Gasteiger partial charge is 0.444 e. The Morgan fingerprint density at radius 1 is 1.33 bits per heavy atom. The molecule has 0 bridgehead atoms. The second kappa shape index (κ2) is 7.90. The van der Waals surface area contributed by atoms with Crippen LogP contribution in [0.4, 0.5) is 4.79 Å². The van der Waals surface area contributed by atoms with Crippen molar-refractivity contribution in [2.75, 3.05) is 6.54 Å².